The zero-order valence-electron chi connectivity index (χ0n) is 26.0. The van der Waals surface area contributed by atoms with E-state index in [-0.39, 0.29) is 46.5 Å². The Balaban J connectivity index is 1.50. The molecule has 1 aliphatic rings. The number of carbonyl (C=O) groups is 2. The molecule has 0 bridgehead atoms. The summed E-state index contributed by atoms with van der Waals surface area (Å²) in [4.78, 5) is 28.5. The highest BCUT2D eigenvalue weighted by atomic mass is 35.5. The Hall–Kier alpha value is -3.86. The molecule has 3 aromatic carbocycles. The first kappa shape index (κ1) is 34.5. The molecule has 0 fully saturated rings. The fourth-order valence-corrected chi connectivity index (χ4v) is 6.99. The Labute approximate surface area is 288 Å². The van der Waals surface area contributed by atoms with Gasteiger partial charge >= 0.3 is 5.97 Å². The number of carbonyl (C=O) groups excluding carboxylic acids is 2. The zero-order chi connectivity index (χ0) is 34.0. The van der Waals surface area contributed by atoms with Gasteiger partial charge in [-0.15, -0.1) is 0 Å². The van der Waals surface area contributed by atoms with Crippen molar-refractivity contribution < 1.29 is 27.2 Å². The van der Waals surface area contributed by atoms with E-state index in [1.807, 2.05) is 32.0 Å². The minimum absolute atomic E-state index is 0.0403. The first-order chi connectivity index (χ1) is 22.3. The van der Waals surface area contributed by atoms with Gasteiger partial charge in [0.2, 0.25) is 10.0 Å². The van der Waals surface area contributed by atoms with E-state index in [0.717, 1.165) is 11.1 Å². The van der Waals surface area contributed by atoms with Gasteiger partial charge in [0.15, 0.2) is 0 Å². The van der Waals surface area contributed by atoms with Crippen molar-refractivity contribution in [3.63, 3.8) is 0 Å². The lowest BCUT2D eigenvalue weighted by Crippen LogP contribution is -2.30. The highest BCUT2D eigenvalue weighted by Crippen LogP contribution is 2.36. The molecule has 8 nitrogen and oxygen atoms in total. The van der Waals surface area contributed by atoms with Crippen LogP contribution in [0.2, 0.25) is 15.1 Å². The number of sulfonamides is 1. The van der Waals surface area contributed by atoms with E-state index in [1.54, 1.807) is 44.2 Å². The number of nitrogens with zero attached hydrogens (tertiary/aromatic N) is 2. The summed E-state index contributed by atoms with van der Waals surface area (Å²) in [6.07, 6.45) is 1.47. The zero-order valence-corrected chi connectivity index (χ0v) is 29.1. The molecular formula is C35H31Cl3N2O6S. The van der Waals surface area contributed by atoms with Gasteiger partial charge in [-0.2, -0.15) is 4.31 Å². The molecule has 1 amide bonds. The average molecular weight is 714 g/mol. The Kier molecular flexibility index (Phi) is 10.3. The number of rotatable bonds is 10. The summed E-state index contributed by atoms with van der Waals surface area (Å²) in [6.45, 7) is 7.23. The van der Waals surface area contributed by atoms with Crippen LogP contribution >= 0.6 is 34.8 Å². The average Bonchev–Trinajstić information content (AvgIpc) is 3.57. The monoisotopic (exact) mass is 712 g/mol. The molecule has 0 atom stereocenters. The van der Waals surface area contributed by atoms with E-state index < -0.39 is 21.9 Å². The largest absolute Gasteiger partial charge is 0.462 e. The molecule has 0 spiro atoms. The molecule has 4 aromatic rings. The number of halogens is 3. The van der Waals surface area contributed by atoms with Crippen molar-refractivity contribution in [1.29, 1.82) is 0 Å². The van der Waals surface area contributed by atoms with Crippen LogP contribution in [-0.4, -0.2) is 31.2 Å². The molecule has 47 heavy (non-hydrogen) atoms. The predicted octanol–water partition coefficient (Wildman–Crippen LogP) is 8.52. The quantitative estimate of drug-likeness (QED) is 0.121. The van der Waals surface area contributed by atoms with Gasteiger partial charge in [-0.05, 0) is 111 Å². The molecule has 2 heterocycles. The lowest BCUT2D eigenvalue weighted by atomic mass is 10.1. The number of ether oxygens (including phenoxy) is 1. The topological polar surface area (TPSA) is 97.1 Å². The Bertz CT molecular complexity index is 2030. The number of benzene rings is 3. The summed E-state index contributed by atoms with van der Waals surface area (Å²) in [6, 6.07) is 19.6. The molecule has 1 aromatic heterocycles. The minimum atomic E-state index is -4.04. The van der Waals surface area contributed by atoms with Gasteiger partial charge in [-0.3, -0.25) is 9.69 Å². The number of anilines is 1. The fraction of sp³-hybridized carbons (Fsp3) is 0.200. The van der Waals surface area contributed by atoms with Crippen molar-refractivity contribution in [2.75, 3.05) is 11.5 Å². The minimum Gasteiger partial charge on any atom is -0.462 e. The maximum absolute atomic E-state index is 13.8. The number of allylic oxidation sites excluding steroid dienone is 1. The van der Waals surface area contributed by atoms with Gasteiger partial charge in [0.1, 0.15) is 11.5 Å². The van der Waals surface area contributed by atoms with Crippen molar-refractivity contribution in [2.24, 2.45) is 0 Å². The molecule has 12 heteroatoms. The van der Waals surface area contributed by atoms with E-state index >= 15 is 0 Å². The van der Waals surface area contributed by atoms with Gasteiger partial charge in [-0.25, -0.2) is 13.2 Å². The Morgan fingerprint density at radius 2 is 1.62 bits per heavy atom. The van der Waals surface area contributed by atoms with Crippen LogP contribution in [0.1, 0.15) is 42.1 Å². The predicted molar refractivity (Wildman–Crippen MR) is 184 cm³/mol. The van der Waals surface area contributed by atoms with E-state index in [1.165, 1.54) is 39.5 Å². The van der Waals surface area contributed by atoms with Crippen LogP contribution in [0.4, 0.5) is 5.69 Å². The Morgan fingerprint density at radius 1 is 0.894 bits per heavy atom. The van der Waals surface area contributed by atoms with Crippen LogP contribution in [-0.2, 0) is 37.4 Å². The van der Waals surface area contributed by atoms with Crippen LogP contribution in [0.15, 0.2) is 99.0 Å². The highest BCUT2D eigenvalue weighted by Gasteiger charge is 2.38. The second-order valence-corrected chi connectivity index (χ2v) is 14.1. The molecule has 0 saturated carbocycles. The van der Waals surface area contributed by atoms with Crippen LogP contribution in [0.25, 0.3) is 6.08 Å². The van der Waals surface area contributed by atoms with Gasteiger partial charge in [0, 0.05) is 23.0 Å². The first-order valence-electron chi connectivity index (χ1n) is 14.6. The number of esters is 1. The van der Waals surface area contributed by atoms with Crippen molar-refractivity contribution in [3.8, 4) is 0 Å². The fourth-order valence-electron chi connectivity index (χ4n) is 5.15. The maximum Gasteiger partial charge on any atom is 0.340 e. The molecule has 0 radical (unpaired) electrons. The van der Waals surface area contributed by atoms with Crippen LogP contribution < -0.4 is 4.90 Å². The van der Waals surface area contributed by atoms with Gasteiger partial charge in [0.25, 0.3) is 5.91 Å². The lowest BCUT2D eigenvalue weighted by molar-refractivity contribution is -0.138. The smallest absolute Gasteiger partial charge is 0.340 e. The maximum atomic E-state index is 13.8. The van der Waals surface area contributed by atoms with Gasteiger partial charge in [0.05, 0.1) is 39.2 Å². The van der Waals surface area contributed by atoms with E-state index in [0.29, 0.717) is 32.8 Å². The number of aryl methyl sites for hydroxylation is 2. The Morgan fingerprint density at radius 3 is 2.28 bits per heavy atom. The second-order valence-electron chi connectivity index (χ2n) is 10.9. The number of hydrogen-bond donors (Lipinski definition) is 0. The number of furan rings is 1. The van der Waals surface area contributed by atoms with Crippen LogP contribution in [0.3, 0.4) is 0 Å². The van der Waals surface area contributed by atoms with Gasteiger partial charge in [-0.1, -0.05) is 46.9 Å². The number of hydrogen-bond acceptors (Lipinski definition) is 6. The van der Waals surface area contributed by atoms with Crippen LogP contribution in [0, 0.1) is 13.8 Å². The summed E-state index contributed by atoms with van der Waals surface area (Å²) >= 11 is 18.3. The SMILES string of the molecule is CCOC(=O)C1=C(C)N(c2ccc(C)c(C)c2)C(=O)/C1=C/c1ccc(CN(Cc2ccc(Cl)c(Cl)c2)S(=O)(=O)c2ccc(Cl)cc2)o1. The molecule has 0 N–H and O–H groups in total. The lowest BCUT2D eigenvalue weighted by Gasteiger charge is -2.22. The molecule has 1 aliphatic heterocycles. The molecular weight excluding hydrogens is 683 g/mol. The van der Waals surface area contributed by atoms with Crippen molar-refractivity contribution in [2.45, 2.75) is 45.7 Å². The summed E-state index contributed by atoms with van der Waals surface area (Å²) in [5, 5.41) is 1.03. The van der Waals surface area contributed by atoms with E-state index in [4.69, 9.17) is 44.0 Å². The van der Waals surface area contributed by atoms with E-state index in [9.17, 15) is 18.0 Å². The first-order valence-corrected chi connectivity index (χ1v) is 17.2. The molecule has 5 rings (SSSR count). The summed E-state index contributed by atoms with van der Waals surface area (Å²) in [7, 11) is -4.04. The van der Waals surface area contributed by atoms with Gasteiger partial charge < -0.3 is 9.15 Å². The summed E-state index contributed by atoms with van der Waals surface area (Å²) in [5.74, 6) is -0.509. The summed E-state index contributed by atoms with van der Waals surface area (Å²) < 4.78 is 40.3. The molecule has 0 unspecified atom stereocenters. The number of amides is 1. The third-order valence-electron chi connectivity index (χ3n) is 7.72. The molecule has 0 saturated heterocycles. The van der Waals surface area contributed by atoms with E-state index in [2.05, 4.69) is 0 Å². The second kappa shape index (κ2) is 14.1. The van der Waals surface area contributed by atoms with Crippen molar-refractivity contribution >= 4 is 68.5 Å². The van der Waals surface area contributed by atoms with Crippen molar-refractivity contribution in [1.82, 2.24) is 4.31 Å². The third kappa shape index (κ3) is 7.35. The molecule has 244 valence electrons. The third-order valence-corrected chi connectivity index (χ3v) is 10.5. The summed E-state index contributed by atoms with van der Waals surface area (Å²) in [5.41, 5.74) is 3.93. The van der Waals surface area contributed by atoms with Crippen LogP contribution in [0.5, 0.6) is 0 Å². The standard InChI is InChI=1S/C35H31Cl3N2O6S/c1-5-45-35(42)33-23(4)40(26-10-6-21(2)22(3)16-26)34(41)30(33)18-27-11-12-28(46-27)20-39(19-24-7-15-31(37)32(38)17-24)47(43,44)29-13-8-25(36)9-14-29/h6-18H,5,19-20H2,1-4H3/b30-18+. The highest BCUT2D eigenvalue weighted by molar-refractivity contribution is 7.89. The molecule has 0 aliphatic carbocycles. The normalized spacial score (nSPS) is 14.5. The van der Waals surface area contributed by atoms with Crippen molar-refractivity contribution in [3.05, 3.63) is 133 Å².